The van der Waals surface area contributed by atoms with Gasteiger partial charge in [0.1, 0.15) is 0 Å². The van der Waals surface area contributed by atoms with Gasteiger partial charge in [-0.2, -0.15) is 11.3 Å². The van der Waals surface area contributed by atoms with Crippen LogP contribution in [-0.2, 0) is 0 Å². The van der Waals surface area contributed by atoms with E-state index in [9.17, 15) is 0 Å². The van der Waals surface area contributed by atoms with Crippen LogP contribution in [0.4, 0.5) is 0 Å². The number of halogens is 1. The largest absolute Gasteiger partial charge is 0.313 e. The number of hydrogen-bond donors (Lipinski definition) is 1. The maximum absolute atomic E-state index is 3.58. The molecule has 1 aromatic carbocycles. The third-order valence-electron chi connectivity index (χ3n) is 3.00. The molecule has 0 radical (unpaired) electrons. The van der Waals surface area contributed by atoms with Crippen LogP contribution in [0.25, 0.3) is 11.1 Å². The molecular formula is C14H16BrNS. The van der Waals surface area contributed by atoms with Gasteiger partial charge in [0.15, 0.2) is 0 Å². The Labute approximate surface area is 115 Å². The Morgan fingerprint density at radius 3 is 2.41 bits per heavy atom. The number of rotatable bonds is 4. The third kappa shape index (κ3) is 2.79. The first kappa shape index (κ1) is 12.8. The van der Waals surface area contributed by atoms with E-state index in [0.29, 0.717) is 6.04 Å². The van der Waals surface area contributed by atoms with Gasteiger partial charge in [-0.25, -0.2) is 0 Å². The highest BCUT2D eigenvalue weighted by Crippen LogP contribution is 2.32. The highest BCUT2D eigenvalue weighted by Gasteiger charge is 2.08. The van der Waals surface area contributed by atoms with Crippen molar-refractivity contribution in [3.05, 3.63) is 45.1 Å². The third-order valence-corrected chi connectivity index (χ3v) is 4.70. The average Bonchev–Trinajstić information content (AvgIpc) is 2.78. The normalized spacial score (nSPS) is 12.6. The molecule has 2 rings (SSSR count). The van der Waals surface area contributed by atoms with E-state index in [1.165, 1.54) is 21.2 Å². The predicted octanol–water partition coefficient (Wildman–Crippen LogP) is 4.85. The Morgan fingerprint density at radius 2 is 1.94 bits per heavy atom. The van der Waals surface area contributed by atoms with Crippen LogP contribution >= 0.6 is 27.3 Å². The maximum Gasteiger partial charge on any atom is 0.0360 e. The molecule has 1 atom stereocenters. The molecule has 0 bridgehead atoms. The molecule has 2 aromatic rings. The van der Waals surface area contributed by atoms with Crippen molar-refractivity contribution < 1.29 is 0 Å². The van der Waals surface area contributed by atoms with E-state index in [0.717, 1.165) is 6.42 Å². The summed E-state index contributed by atoms with van der Waals surface area (Å²) in [5.41, 5.74) is 3.90. The SMILES string of the molecule is CCC(NC)c1ccc(-c2cscc2Br)cc1. The molecular weight excluding hydrogens is 294 g/mol. The Balaban J connectivity index is 2.27. The minimum Gasteiger partial charge on any atom is -0.313 e. The standard InChI is InChI=1S/C14H16BrNS/c1-3-14(16-2)11-6-4-10(5-7-11)12-8-17-9-13(12)15/h4-9,14,16H,3H2,1-2H3. The van der Waals surface area contributed by atoms with Gasteiger partial charge in [0.25, 0.3) is 0 Å². The van der Waals surface area contributed by atoms with Gasteiger partial charge in [0, 0.05) is 21.5 Å². The van der Waals surface area contributed by atoms with E-state index in [4.69, 9.17) is 0 Å². The lowest BCUT2D eigenvalue weighted by molar-refractivity contribution is 0.577. The molecule has 1 N–H and O–H groups in total. The Morgan fingerprint density at radius 1 is 1.24 bits per heavy atom. The molecule has 0 aliphatic heterocycles. The maximum atomic E-state index is 3.58. The number of nitrogens with one attached hydrogen (secondary N) is 1. The van der Waals surface area contributed by atoms with Crippen molar-refractivity contribution in [2.75, 3.05) is 7.05 Å². The fraction of sp³-hybridized carbons (Fsp3) is 0.286. The predicted molar refractivity (Wildman–Crippen MR) is 79.5 cm³/mol. The van der Waals surface area contributed by atoms with Gasteiger partial charge in [0.2, 0.25) is 0 Å². The van der Waals surface area contributed by atoms with Crippen LogP contribution in [0.1, 0.15) is 24.9 Å². The van der Waals surface area contributed by atoms with Crippen molar-refractivity contribution in [3.8, 4) is 11.1 Å². The van der Waals surface area contributed by atoms with Crippen LogP contribution in [0.15, 0.2) is 39.5 Å². The first-order valence-corrected chi connectivity index (χ1v) is 7.49. The molecule has 0 aliphatic carbocycles. The van der Waals surface area contributed by atoms with Crippen LogP contribution in [0.5, 0.6) is 0 Å². The second-order valence-electron chi connectivity index (χ2n) is 4.00. The smallest absolute Gasteiger partial charge is 0.0360 e. The molecule has 17 heavy (non-hydrogen) atoms. The van der Waals surface area contributed by atoms with E-state index in [2.05, 4.69) is 63.2 Å². The molecule has 1 heterocycles. The highest BCUT2D eigenvalue weighted by molar-refractivity contribution is 9.10. The number of benzene rings is 1. The second-order valence-corrected chi connectivity index (χ2v) is 5.60. The number of thiophene rings is 1. The summed E-state index contributed by atoms with van der Waals surface area (Å²) in [7, 11) is 2.01. The van der Waals surface area contributed by atoms with Gasteiger partial charge in [-0.05, 0) is 45.9 Å². The molecule has 90 valence electrons. The van der Waals surface area contributed by atoms with E-state index in [-0.39, 0.29) is 0 Å². The summed E-state index contributed by atoms with van der Waals surface area (Å²) in [6.07, 6.45) is 1.11. The first-order valence-electron chi connectivity index (χ1n) is 5.75. The van der Waals surface area contributed by atoms with E-state index in [1.54, 1.807) is 11.3 Å². The zero-order chi connectivity index (χ0) is 12.3. The molecule has 0 spiro atoms. The van der Waals surface area contributed by atoms with Crippen LogP contribution < -0.4 is 5.32 Å². The lowest BCUT2D eigenvalue weighted by Gasteiger charge is -2.14. The van der Waals surface area contributed by atoms with Crippen LogP contribution in [0.2, 0.25) is 0 Å². The molecule has 0 amide bonds. The molecule has 3 heteroatoms. The molecule has 0 aliphatic rings. The fourth-order valence-electron chi connectivity index (χ4n) is 1.99. The quantitative estimate of drug-likeness (QED) is 0.851. The van der Waals surface area contributed by atoms with Crippen molar-refractivity contribution in [1.29, 1.82) is 0 Å². The highest BCUT2D eigenvalue weighted by atomic mass is 79.9. The van der Waals surface area contributed by atoms with Crippen LogP contribution in [-0.4, -0.2) is 7.05 Å². The van der Waals surface area contributed by atoms with Crippen molar-refractivity contribution in [2.45, 2.75) is 19.4 Å². The lowest BCUT2D eigenvalue weighted by Crippen LogP contribution is -2.14. The summed E-state index contributed by atoms with van der Waals surface area (Å²) in [4.78, 5) is 0. The lowest BCUT2D eigenvalue weighted by atomic mass is 10.0. The Hall–Kier alpha value is -0.640. The van der Waals surface area contributed by atoms with E-state index in [1.807, 2.05) is 7.05 Å². The Bertz CT molecular complexity index is 471. The molecule has 1 aromatic heterocycles. The minimum absolute atomic E-state index is 0.454. The van der Waals surface area contributed by atoms with Gasteiger partial charge in [-0.3, -0.25) is 0 Å². The van der Waals surface area contributed by atoms with Crippen molar-refractivity contribution >= 4 is 27.3 Å². The summed E-state index contributed by atoms with van der Waals surface area (Å²) in [6, 6.07) is 9.27. The topological polar surface area (TPSA) is 12.0 Å². The van der Waals surface area contributed by atoms with Gasteiger partial charge >= 0.3 is 0 Å². The molecule has 0 saturated heterocycles. The zero-order valence-corrected chi connectivity index (χ0v) is 12.4. The van der Waals surface area contributed by atoms with E-state index >= 15 is 0 Å². The van der Waals surface area contributed by atoms with Crippen LogP contribution in [0, 0.1) is 0 Å². The summed E-state index contributed by atoms with van der Waals surface area (Å²) >= 11 is 5.30. The van der Waals surface area contributed by atoms with Crippen molar-refractivity contribution in [2.24, 2.45) is 0 Å². The molecule has 1 nitrogen and oxygen atoms in total. The molecule has 1 unspecified atom stereocenters. The monoisotopic (exact) mass is 309 g/mol. The summed E-state index contributed by atoms with van der Waals surface area (Å²) in [6.45, 7) is 2.20. The Kier molecular flexibility index (Phi) is 4.37. The van der Waals surface area contributed by atoms with Gasteiger partial charge in [0.05, 0.1) is 0 Å². The first-order chi connectivity index (χ1) is 8.26. The summed E-state index contributed by atoms with van der Waals surface area (Å²) in [5, 5.41) is 7.62. The molecule has 0 saturated carbocycles. The van der Waals surface area contributed by atoms with Gasteiger partial charge in [-0.15, -0.1) is 0 Å². The zero-order valence-electron chi connectivity index (χ0n) is 10.0. The minimum atomic E-state index is 0.454. The van der Waals surface area contributed by atoms with Crippen molar-refractivity contribution in [3.63, 3.8) is 0 Å². The fourth-order valence-corrected chi connectivity index (χ4v) is 3.52. The van der Waals surface area contributed by atoms with Gasteiger partial charge < -0.3 is 5.32 Å². The second kappa shape index (κ2) is 5.80. The van der Waals surface area contributed by atoms with Crippen molar-refractivity contribution in [1.82, 2.24) is 5.32 Å². The van der Waals surface area contributed by atoms with Gasteiger partial charge in [-0.1, -0.05) is 31.2 Å². The average molecular weight is 310 g/mol. The van der Waals surface area contributed by atoms with Crippen LogP contribution in [0.3, 0.4) is 0 Å². The summed E-state index contributed by atoms with van der Waals surface area (Å²) < 4.78 is 1.18. The van der Waals surface area contributed by atoms with E-state index < -0.39 is 0 Å². The summed E-state index contributed by atoms with van der Waals surface area (Å²) in [5.74, 6) is 0. The molecule has 0 fully saturated rings. The number of hydrogen-bond acceptors (Lipinski definition) is 2.